The van der Waals surface area contributed by atoms with Gasteiger partial charge in [-0.05, 0) is 79.3 Å². The van der Waals surface area contributed by atoms with Crippen molar-refractivity contribution in [2.45, 2.75) is 109 Å². The lowest BCUT2D eigenvalue weighted by molar-refractivity contribution is -0.139. The van der Waals surface area contributed by atoms with E-state index < -0.39 is 27.8 Å². The third kappa shape index (κ3) is 8.66. The van der Waals surface area contributed by atoms with Gasteiger partial charge in [0.05, 0.1) is 5.75 Å². The molecule has 0 aromatic heterocycles. The Bertz CT molecular complexity index is 1340. The molecule has 42 heavy (non-hydrogen) atoms. The number of nitrogens with one attached hydrogen (secondary N) is 1. The second-order valence-corrected chi connectivity index (χ2v) is 14.8. The van der Waals surface area contributed by atoms with E-state index in [4.69, 9.17) is 0 Å². The van der Waals surface area contributed by atoms with Crippen molar-refractivity contribution in [1.82, 2.24) is 10.2 Å². The highest BCUT2D eigenvalue weighted by Gasteiger charge is 2.34. The van der Waals surface area contributed by atoms with Gasteiger partial charge in [-0.25, -0.2) is 13.2 Å². The van der Waals surface area contributed by atoms with Crippen molar-refractivity contribution in [3.63, 3.8) is 0 Å². The third-order valence-corrected chi connectivity index (χ3v) is 10.2. The first-order valence-corrected chi connectivity index (χ1v) is 17.8. The standard InChI is InChI=1S/C34H48N2O5S/c1-4-10-27-16-17-28(21-25-12-6-5-7-13-25)36(27)23-26-15-18-30(31(22-26)29-14-9-8-11-24(29)2)33(37)35-32(34(38)39)19-20-42(3,40)41/h8-9,11,14-15,18,22,25,27-28,32H,4-7,10,12-13,16-17,19-21,23H2,1-3H3,(H,35,37)(H,38,39)/t27-,28-,32+/m1/s1. The molecule has 2 aromatic carbocycles. The molecule has 2 aromatic rings. The number of carboxylic acids is 1. The molecule has 8 heteroatoms. The maximum absolute atomic E-state index is 13.5. The van der Waals surface area contributed by atoms with Crippen molar-refractivity contribution in [2.75, 3.05) is 12.0 Å². The van der Waals surface area contributed by atoms with E-state index in [1.165, 1.54) is 57.8 Å². The van der Waals surface area contributed by atoms with Crippen molar-refractivity contribution in [1.29, 1.82) is 0 Å². The monoisotopic (exact) mass is 596 g/mol. The van der Waals surface area contributed by atoms with Crippen LogP contribution < -0.4 is 5.32 Å². The number of sulfone groups is 1. The second kappa shape index (κ2) is 14.6. The number of likely N-dealkylation sites (tertiary alicyclic amines) is 1. The molecule has 1 aliphatic heterocycles. The number of aliphatic carboxylic acids is 1. The zero-order chi connectivity index (χ0) is 30.3. The van der Waals surface area contributed by atoms with Crippen LogP contribution in [0.3, 0.4) is 0 Å². The van der Waals surface area contributed by atoms with E-state index in [1.807, 2.05) is 43.3 Å². The molecule has 1 heterocycles. The van der Waals surface area contributed by atoms with Crippen molar-refractivity contribution in [3.05, 3.63) is 59.2 Å². The number of hydrogen-bond donors (Lipinski definition) is 2. The number of carbonyl (C=O) groups is 2. The molecule has 2 N–H and O–H groups in total. The summed E-state index contributed by atoms with van der Waals surface area (Å²) in [5, 5.41) is 12.3. The number of nitrogens with zero attached hydrogens (tertiary/aromatic N) is 1. The Morgan fingerprint density at radius 3 is 2.38 bits per heavy atom. The number of carboxylic acid groups (broad SMARTS) is 1. The molecule has 2 aliphatic rings. The maximum Gasteiger partial charge on any atom is 0.326 e. The summed E-state index contributed by atoms with van der Waals surface area (Å²) < 4.78 is 23.3. The van der Waals surface area contributed by atoms with Crippen LogP contribution in [-0.2, 0) is 21.2 Å². The smallest absolute Gasteiger partial charge is 0.326 e. The van der Waals surface area contributed by atoms with Gasteiger partial charge >= 0.3 is 5.97 Å². The van der Waals surface area contributed by atoms with Crippen molar-refractivity contribution < 1.29 is 23.1 Å². The first-order chi connectivity index (χ1) is 20.1. The van der Waals surface area contributed by atoms with Gasteiger partial charge in [-0.3, -0.25) is 9.69 Å². The lowest BCUT2D eigenvalue weighted by Crippen LogP contribution is -2.42. The summed E-state index contributed by atoms with van der Waals surface area (Å²) >= 11 is 0. The van der Waals surface area contributed by atoms with Gasteiger partial charge in [-0.15, -0.1) is 0 Å². The van der Waals surface area contributed by atoms with Crippen LogP contribution in [-0.4, -0.2) is 60.4 Å². The number of benzene rings is 2. The van der Waals surface area contributed by atoms with E-state index in [0.29, 0.717) is 17.6 Å². The van der Waals surface area contributed by atoms with E-state index in [-0.39, 0.29) is 12.2 Å². The molecule has 2 fully saturated rings. The first-order valence-electron chi connectivity index (χ1n) is 15.7. The van der Waals surface area contributed by atoms with Crippen LogP contribution in [0.4, 0.5) is 0 Å². The topological polar surface area (TPSA) is 104 Å². The molecule has 0 bridgehead atoms. The van der Waals surface area contributed by atoms with Crippen LogP contribution >= 0.6 is 0 Å². The molecule has 1 saturated heterocycles. The quantitative estimate of drug-likeness (QED) is 0.278. The Morgan fingerprint density at radius 1 is 1.00 bits per heavy atom. The van der Waals surface area contributed by atoms with Crippen molar-refractivity contribution in [2.24, 2.45) is 5.92 Å². The normalized spacial score (nSPS) is 20.8. The number of carbonyl (C=O) groups excluding carboxylic acids is 1. The minimum Gasteiger partial charge on any atom is -0.480 e. The summed E-state index contributed by atoms with van der Waals surface area (Å²) in [7, 11) is -3.37. The SMILES string of the molecule is CCC[C@@H]1CC[C@H](CC2CCCCC2)N1Cc1ccc(C(=O)N[C@@H](CCS(C)(=O)=O)C(=O)O)c(-c2ccccc2C)c1. The van der Waals surface area contributed by atoms with E-state index in [2.05, 4.69) is 23.2 Å². The average Bonchev–Trinajstić information content (AvgIpc) is 3.31. The van der Waals surface area contributed by atoms with Crippen LogP contribution in [0.15, 0.2) is 42.5 Å². The van der Waals surface area contributed by atoms with Crippen LogP contribution in [0.1, 0.15) is 99.0 Å². The Hall–Kier alpha value is -2.71. The van der Waals surface area contributed by atoms with Crippen LogP contribution in [0.25, 0.3) is 11.1 Å². The first kappa shape index (κ1) is 32.2. The molecule has 1 saturated carbocycles. The summed E-state index contributed by atoms with van der Waals surface area (Å²) in [6.07, 6.45) is 13.8. The molecule has 1 amide bonds. The molecule has 0 spiro atoms. The summed E-state index contributed by atoms with van der Waals surface area (Å²) in [6, 6.07) is 13.7. The molecule has 7 nitrogen and oxygen atoms in total. The second-order valence-electron chi connectivity index (χ2n) is 12.6. The number of rotatable bonds is 13. The van der Waals surface area contributed by atoms with Gasteiger partial charge in [0.25, 0.3) is 5.91 Å². The van der Waals surface area contributed by atoms with E-state index in [1.54, 1.807) is 0 Å². The van der Waals surface area contributed by atoms with Gasteiger partial charge in [-0.2, -0.15) is 0 Å². The Morgan fingerprint density at radius 2 is 1.71 bits per heavy atom. The van der Waals surface area contributed by atoms with Gasteiger partial charge in [0.15, 0.2) is 0 Å². The zero-order valence-electron chi connectivity index (χ0n) is 25.5. The molecule has 3 atom stereocenters. The zero-order valence-corrected chi connectivity index (χ0v) is 26.3. The Balaban J connectivity index is 1.62. The fourth-order valence-electron chi connectivity index (χ4n) is 7.00. The summed E-state index contributed by atoms with van der Waals surface area (Å²) in [4.78, 5) is 28.1. The number of aryl methyl sites for hydroxylation is 1. The van der Waals surface area contributed by atoms with E-state index in [0.717, 1.165) is 47.4 Å². The summed E-state index contributed by atoms with van der Waals surface area (Å²) in [5.74, 6) is -1.25. The van der Waals surface area contributed by atoms with Crippen molar-refractivity contribution in [3.8, 4) is 11.1 Å². The lowest BCUT2D eigenvalue weighted by atomic mass is 9.84. The fraction of sp³-hybridized carbons (Fsp3) is 0.588. The maximum atomic E-state index is 13.5. The molecular formula is C34H48N2O5S. The number of amides is 1. The fourth-order valence-corrected chi connectivity index (χ4v) is 7.66. The lowest BCUT2D eigenvalue weighted by Gasteiger charge is -2.34. The Labute approximate surface area is 252 Å². The highest BCUT2D eigenvalue weighted by molar-refractivity contribution is 7.90. The van der Waals surface area contributed by atoms with Gasteiger partial charge in [0, 0.05) is 30.4 Å². The molecule has 0 unspecified atom stereocenters. The van der Waals surface area contributed by atoms with Gasteiger partial charge in [0.1, 0.15) is 15.9 Å². The predicted molar refractivity (Wildman–Crippen MR) is 168 cm³/mol. The van der Waals surface area contributed by atoms with Crippen molar-refractivity contribution >= 4 is 21.7 Å². The Kier molecular flexibility index (Phi) is 11.2. The molecule has 230 valence electrons. The third-order valence-electron chi connectivity index (χ3n) is 9.23. The highest BCUT2D eigenvalue weighted by Crippen LogP contribution is 2.37. The van der Waals surface area contributed by atoms with Crippen LogP contribution in [0, 0.1) is 12.8 Å². The molecule has 1 aliphatic carbocycles. The summed E-state index contributed by atoms with van der Waals surface area (Å²) in [6.45, 7) is 5.10. The minimum atomic E-state index is -3.37. The highest BCUT2D eigenvalue weighted by atomic mass is 32.2. The number of hydrogen-bond acceptors (Lipinski definition) is 5. The molecule has 0 radical (unpaired) electrons. The van der Waals surface area contributed by atoms with Crippen LogP contribution in [0.2, 0.25) is 0 Å². The van der Waals surface area contributed by atoms with Gasteiger partial charge in [-0.1, -0.05) is 75.8 Å². The van der Waals surface area contributed by atoms with Gasteiger partial charge in [0.2, 0.25) is 0 Å². The predicted octanol–water partition coefficient (Wildman–Crippen LogP) is 6.38. The van der Waals surface area contributed by atoms with Gasteiger partial charge < -0.3 is 10.4 Å². The minimum absolute atomic E-state index is 0.187. The largest absolute Gasteiger partial charge is 0.480 e. The molecule has 4 rings (SSSR count). The van der Waals surface area contributed by atoms with E-state index in [9.17, 15) is 23.1 Å². The summed E-state index contributed by atoms with van der Waals surface area (Å²) in [5.41, 5.74) is 4.26. The average molecular weight is 597 g/mol. The van der Waals surface area contributed by atoms with Crippen LogP contribution in [0.5, 0.6) is 0 Å². The molecular weight excluding hydrogens is 548 g/mol. The van der Waals surface area contributed by atoms with E-state index >= 15 is 0 Å².